The summed E-state index contributed by atoms with van der Waals surface area (Å²) in [6, 6.07) is 0.234. The highest BCUT2D eigenvalue weighted by Gasteiger charge is 2.04. The molecule has 0 amide bonds. The van der Waals surface area contributed by atoms with Crippen LogP contribution in [0.3, 0.4) is 0 Å². The summed E-state index contributed by atoms with van der Waals surface area (Å²) < 4.78 is 3.44. The normalized spacial score (nSPS) is 10.7. The van der Waals surface area contributed by atoms with Crippen molar-refractivity contribution in [2.45, 2.75) is 32.9 Å². The van der Waals surface area contributed by atoms with E-state index in [1.165, 1.54) is 0 Å². The lowest BCUT2D eigenvalue weighted by atomic mass is 10.4. The van der Waals surface area contributed by atoms with Gasteiger partial charge in [0.2, 0.25) is 0 Å². The van der Waals surface area contributed by atoms with E-state index >= 15 is 0 Å². The summed E-state index contributed by atoms with van der Waals surface area (Å²) in [5, 5.41) is 0. The maximum absolute atomic E-state index is 11.6. The number of allylic oxidation sites excluding steroid dienone is 1. The molecular weight excluding hydrogens is 164 g/mol. The van der Waals surface area contributed by atoms with E-state index in [4.69, 9.17) is 0 Å². The van der Waals surface area contributed by atoms with Crippen LogP contribution in [0, 0.1) is 0 Å². The van der Waals surface area contributed by atoms with E-state index in [1.807, 2.05) is 32.3 Å². The summed E-state index contributed by atoms with van der Waals surface area (Å²) in [6.45, 7) is 8.35. The Morgan fingerprint density at radius 1 is 1.54 bits per heavy atom. The second kappa shape index (κ2) is 4.12. The summed E-state index contributed by atoms with van der Waals surface area (Å²) in [5.74, 6) is 0. The van der Waals surface area contributed by atoms with E-state index < -0.39 is 0 Å². The molecule has 1 aromatic heterocycles. The standard InChI is InChI=1S/C10H16N2O/c1-4-5-6-11-7-8-12(9(2)3)10(11)13/h4,7-9H,1,5-6H2,2-3H3. The third kappa shape index (κ3) is 2.11. The van der Waals surface area contributed by atoms with Gasteiger partial charge in [0.05, 0.1) is 0 Å². The number of aromatic nitrogens is 2. The van der Waals surface area contributed by atoms with Crippen LogP contribution in [-0.2, 0) is 6.54 Å². The Morgan fingerprint density at radius 3 is 2.69 bits per heavy atom. The highest BCUT2D eigenvalue weighted by Crippen LogP contribution is 1.99. The van der Waals surface area contributed by atoms with Crippen molar-refractivity contribution in [3.05, 3.63) is 35.5 Å². The van der Waals surface area contributed by atoms with E-state index in [0.29, 0.717) is 0 Å². The average molecular weight is 180 g/mol. The maximum atomic E-state index is 11.6. The first kappa shape index (κ1) is 9.84. The van der Waals surface area contributed by atoms with E-state index in [1.54, 1.807) is 9.13 Å². The van der Waals surface area contributed by atoms with Gasteiger partial charge in [-0.15, -0.1) is 6.58 Å². The number of nitrogens with zero attached hydrogens (tertiary/aromatic N) is 2. The molecule has 0 unspecified atom stereocenters. The predicted octanol–water partition coefficient (Wildman–Crippen LogP) is 1.81. The second-order valence-corrected chi connectivity index (χ2v) is 3.35. The molecule has 0 atom stereocenters. The lowest BCUT2D eigenvalue weighted by Crippen LogP contribution is -2.25. The van der Waals surface area contributed by atoms with Crippen LogP contribution in [0.4, 0.5) is 0 Å². The molecule has 0 bridgehead atoms. The van der Waals surface area contributed by atoms with E-state index in [-0.39, 0.29) is 11.7 Å². The van der Waals surface area contributed by atoms with Gasteiger partial charge in [0, 0.05) is 25.0 Å². The molecule has 1 rings (SSSR count). The van der Waals surface area contributed by atoms with Crippen molar-refractivity contribution in [1.29, 1.82) is 0 Å². The molecule has 3 nitrogen and oxygen atoms in total. The van der Waals surface area contributed by atoms with E-state index in [9.17, 15) is 4.79 Å². The molecule has 0 fully saturated rings. The average Bonchev–Trinajstić information content (AvgIpc) is 2.43. The summed E-state index contributed by atoms with van der Waals surface area (Å²) in [7, 11) is 0. The van der Waals surface area contributed by atoms with Gasteiger partial charge in [-0.25, -0.2) is 4.79 Å². The molecule has 0 N–H and O–H groups in total. The monoisotopic (exact) mass is 180 g/mol. The predicted molar refractivity (Wildman–Crippen MR) is 53.9 cm³/mol. The van der Waals surface area contributed by atoms with Crippen LogP contribution >= 0.6 is 0 Å². The molecule has 0 saturated carbocycles. The van der Waals surface area contributed by atoms with Gasteiger partial charge in [-0.2, -0.15) is 0 Å². The van der Waals surface area contributed by atoms with Gasteiger partial charge in [0.1, 0.15) is 0 Å². The number of aryl methyl sites for hydroxylation is 1. The number of imidazole rings is 1. The van der Waals surface area contributed by atoms with Crippen molar-refractivity contribution < 1.29 is 0 Å². The molecule has 0 saturated heterocycles. The SMILES string of the molecule is C=CCCn1ccn(C(C)C)c1=O. The molecule has 0 aliphatic heterocycles. The summed E-state index contributed by atoms with van der Waals surface area (Å²) in [6.07, 6.45) is 6.31. The fourth-order valence-electron chi connectivity index (χ4n) is 1.22. The minimum Gasteiger partial charge on any atom is -0.299 e. The summed E-state index contributed by atoms with van der Waals surface area (Å²) in [5.41, 5.74) is 0.0665. The minimum absolute atomic E-state index is 0.0665. The van der Waals surface area contributed by atoms with Gasteiger partial charge in [0.25, 0.3) is 0 Å². The molecule has 1 aromatic rings. The fraction of sp³-hybridized carbons (Fsp3) is 0.500. The molecule has 0 aromatic carbocycles. The van der Waals surface area contributed by atoms with Crippen LogP contribution in [0.5, 0.6) is 0 Å². The van der Waals surface area contributed by atoms with Crippen molar-refractivity contribution in [3.8, 4) is 0 Å². The smallest absolute Gasteiger partial charge is 0.299 e. The maximum Gasteiger partial charge on any atom is 0.328 e. The zero-order valence-corrected chi connectivity index (χ0v) is 8.23. The third-order valence-corrected chi connectivity index (χ3v) is 2.00. The second-order valence-electron chi connectivity index (χ2n) is 3.35. The lowest BCUT2D eigenvalue weighted by Gasteiger charge is -2.03. The molecule has 0 radical (unpaired) electrons. The molecular formula is C10H16N2O. The number of hydrogen-bond acceptors (Lipinski definition) is 1. The van der Waals surface area contributed by atoms with Crippen LogP contribution < -0.4 is 5.69 Å². The molecule has 0 aliphatic carbocycles. The first-order valence-electron chi connectivity index (χ1n) is 4.55. The molecule has 13 heavy (non-hydrogen) atoms. The minimum atomic E-state index is 0.0665. The Balaban J connectivity index is 2.86. The van der Waals surface area contributed by atoms with Gasteiger partial charge >= 0.3 is 5.69 Å². The van der Waals surface area contributed by atoms with Crippen molar-refractivity contribution in [2.24, 2.45) is 0 Å². The van der Waals surface area contributed by atoms with Gasteiger partial charge in [-0.05, 0) is 20.3 Å². The van der Waals surface area contributed by atoms with Crippen molar-refractivity contribution in [2.75, 3.05) is 0 Å². The fourth-order valence-corrected chi connectivity index (χ4v) is 1.22. The Hall–Kier alpha value is -1.25. The van der Waals surface area contributed by atoms with Crippen LogP contribution in [-0.4, -0.2) is 9.13 Å². The van der Waals surface area contributed by atoms with Crippen LogP contribution in [0.2, 0.25) is 0 Å². The zero-order valence-electron chi connectivity index (χ0n) is 8.23. The highest BCUT2D eigenvalue weighted by atomic mass is 16.1. The van der Waals surface area contributed by atoms with Crippen LogP contribution in [0.25, 0.3) is 0 Å². The Bertz CT molecular complexity index is 333. The van der Waals surface area contributed by atoms with Gasteiger partial charge in [-0.3, -0.25) is 9.13 Å². The molecule has 3 heteroatoms. The first-order valence-corrected chi connectivity index (χ1v) is 4.55. The molecule has 72 valence electrons. The van der Waals surface area contributed by atoms with Crippen molar-refractivity contribution in [1.82, 2.24) is 9.13 Å². The number of hydrogen-bond donors (Lipinski definition) is 0. The number of rotatable bonds is 4. The van der Waals surface area contributed by atoms with E-state index in [0.717, 1.165) is 13.0 Å². The third-order valence-electron chi connectivity index (χ3n) is 2.00. The van der Waals surface area contributed by atoms with E-state index in [2.05, 4.69) is 6.58 Å². The summed E-state index contributed by atoms with van der Waals surface area (Å²) >= 11 is 0. The lowest BCUT2D eigenvalue weighted by molar-refractivity contribution is 0.552. The van der Waals surface area contributed by atoms with Crippen LogP contribution in [0.1, 0.15) is 26.3 Å². The molecule has 0 spiro atoms. The molecule has 1 heterocycles. The van der Waals surface area contributed by atoms with Gasteiger partial charge in [0.15, 0.2) is 0 Å². The molecule has 0 aliphatic rings. The topological polar surface area (TPSA) is 26.9 Å². The van der Waals surface area contributed by atoms with Crippen LogP contribution in [0.15, 0.2) is 29.8 Å². The first-order chi connectivity index (χ1) is 6.16. The Kier molecular flexibility index (Phi) is 3.12. The van der Waals surface area contributed by atoms with Gasteiger partial charge in [-0.1, -0.05) is 6.08 Å². The van der Waals surface area contributed by atoms with Crippen molar-refractivity contribution >= 4 is 0 Å². The highest BCUT2D eigenvalue weighted by molar-refractivity contribution is 4.84. The quantitative estimate of drug-likeness (QED) is 0.649. The largest absolute Gasteiger partial charge is 0.328 e. The van der Waals surface area contributed by atoms with Gasteiger partial charge < -0.3 is 0 Å². The summed E-state index contributed by atoms with van der Waals surface area (Å²) in [4.78, 5) is 11.6. The Morgan fingerprint density at radius 2 is 2.23 bits per heavy atom. The van der Waals surface area contributed by atoms with Crippen molar-refractivity contribution in [3.63, 3.8) is 0 Å². The Labute approximate surface area is 78.3 Å². The zero-order chi connectivity index (χ0) is 9.84.